The van der Waals surface area contributed by atoms with Gasteiger partial charge in [0.1, 0.15) is 17.3 Å². The van der Waals surface area contributed by atoms with E-state index in [4.69, 9.17) is 0 Å². The summed E-state index contributed by atoms with van der Waals surface area (Å²) >= 11 is 0. The molecule has 2 aromatic heterocycles. The molecule has 1 aliphatic heterocycles. The summed E-state index contributed by atoms with van der Waals surface area (Å²) < 4.78 is 28.5. The maximum Gasteiger partial charge on any atom is 0.244 e. The van der Waals surface area contributed by atoms with Crippen LogP contribution in [0, 0.1) is 18.6 Å². The van der Waals surface area contributed by atoms with E-state index in [9.17, 15) is 13.6 Å². The lowest BCUT2D eigenvalue weighted by molar-refractivity contribution is -0.115. The van der Waals surface area contributed by atoms with Crippen LogP contribution in [0.3, 0.4) is 0 Å². The Morgan fingerprint density at radius 3 is 2.90 bits per heavy atom. The highest BCUT2D eigenvalue weighted by molar-refractivity contribution is 6.00. The van der Waals surface area contributed by atoms with E-state index in [1.807, 2.05) is 20.2 Å². The third kappa shape index (κ3) is 4.22. The molecule has 30 heavy (non-hydrogen) atoms. The zero-order chi connectivity index (χ0) is 21.3. The number of fused-ring (bicyclic) bond motifs is 1. The quantitative estimate of drug-likeness (QED) is 0.646. The number of nitrogens with one attached hydrogen (secondary N) is 2. The summed E-state index contributed by atoms with van der Waals surface area (Å²) in [7, 11) is 1.81. The van der Waals surface area contributed by atoms with Crippen molar-refractivity contribution in [2.45, 2.75) is 26.4 Å². The second kappa shape index (κ2) is 8.05. The number of hydrogen-bond donors (Lipinski definition) is 2. The van der Waals surface area contributed by atoms with Gasteiger partial charge in [-0.15, -0.1) is 0 Å². The highest BCUT2D eigenvalue weighted by atomic mass is 19.1. The summed E-state index contributed by atoms with van der Waals surface area (Å²) in [4.78, 5) is 22.4. The summed E-state index contributed by atoms with van der Waals surface area (Å²) in [5, 5.41) is 10.3. The molecule has 0 bridgehead atoms. The summed E-state index contributed by atoms with van der Waals surface area (Å²) in [6.07, 6.45) is 3.98. The number of likely N-dealkylation sites (N-methyl/N-ethyl adjacent to an activating group) is 1. The molecule has 1 amide bonds. The molecule has 2 N–H and O–H groups in total. The minimum Gasteiger partial charge on any atom is -0.350 e. The minimum atomic E-state index is -0.586. The van der Waals surface area contributed by atoms with E-state index in [0.29, 0.717) is 48.2 Å². The Labute approximate surface area is 171 Å². The second-order valence-electron chi connectivity index (χ2n) is 7.19. The average Bonchev–Trinajstić information content (AvgIpc) is 3.14. The van der Waals surface area contributed by atoms with Gasteiger partial charge in [0, 0.05) is 38.0 Å². The number of carbonyl (C=O) groups excluding carboxylic acids is 1. The van der Waals surface area contributed by atoms with Crippen molar-refractivity contribution in [2.75, 3.05) is 29.1 Å². The first kappa shape index (κ1) is 19.7. The Morgan fingerprint density at radius 1 is 1.27 bits per heavy atom. The van der Waals surface area contributed by atoms with Gasteiger partial charge < -0.3 is 15.5 Å². The van der Waals surface area contributed by atoms with Crippen LogP contribution in [0.1, 0.15) is 16.8 Å². The van der Waals surface area contributed by atoms with Gasteiger partial charge in [-0.3, -0.25) is 9.48 Å². The van der Waals surface area contributed by atoms with Gasteiger partial charge >= 0.3 is 0 Å². The van der Waals surface area contributed by atoms with Gasteiger partial charge in [0.05, 0.1) is 18.4 Å². The number of carbonyl (C=O) groups is 1. The van der Waals surface area contributed by atoms with Crippen molar-refractivity contribution in [1.29, 1.82) is 0 Å². The molecule has 156 valence electrons. The second-order valence-corrected chi connectivity index (χ2v) is 7.19. The first-order chi connectivity index (χ1) is 14.4. The Kier molecular flexibility index (Phi) is 5.30. The molecular weight excluding hydrogens is 392 g/mol. The zero-order valence-corrected chi connectivity index (χ0v) is 16.6. The number of aromatic nitrogens is 4. The average molecular weight is 413 g/mol. The fraction of sp³-hybridized carbons (Fsp3) is 0.300. The standard InChI is InChI=1S/C20H21F2N7O/c1-12-18-19(28(2)11-17(30)26-18)27-20(25-12)23-8-13-9-24-29(10-13)6-5-14-3-4-15(21)7-16(14)22/h3-4,7,9-10H,5-6,8,11H2,1-2H3,(H,26,30)(H,23,25,27). The molecule has 0 fully saturated rings. The lowest BCUT2D eigenvalue weighted by Gasteiger charge is -2.27. The van der Waals surface area contributed by atoms with E-state index in [-0.39, 0.29) is 12.5 Å². The normalized spacial score (nSPS) is 13.2. The van der Waals surface area contributed by atoms with Gasteiger partial charge in [0.2, 0.25) is 11.9 Å². The van der Waals surface area contributed by atoms with Gasteiger partial charge in [-0.05, 0) is 25.0 Å². The van der Waals surface area contributed by atoms with E-state index < -0.39 is 11.6 Å². The summed E-state index contributed by atoms with van der Waals surface area (Å²) in [5.74, 6) is -0.107. The topological polar surface area (TPSA) is 88.0 Å². The third-order valence-electron chi connectivity index (χ3n) is 4.84. The SMILES string of the molecule is Cc1nc(NCc2cnn(CCc3ccc(F)cc3F)c2)nc2c1NC(=O)CN2C. The van der Waals surface area contributed by atoms with Gasteiger partial charge in [-0.2, -0.15) is 10.1 Å². The van der Waals surface area contributed by atoms with Crippen LogP contribution in [0.4, 0.5) is 26.2 Å². The highest BCUT2D eigenvalue weighted by Crippen LogP contribution is 2.29. The number of rotatable bonds is 6. The number of benzene rings is 1. The first-order valence-corrected chi connectivity index (χ1v) is 9.48. The predicted molar refractivity (Wildman–Crippen MR) is 108 cm³/mol. The van der Waals surface area contributed by atoms with Crippen molar-refractivity contribution < 1.29 is 13.6 Å². The lowest BCUT2D eigenvalue weighted by atomic mass is 10.1. The first-order valence-electron chi connectivity index (χ1n) is 9.48. The molecule has 1 aromatic carbocycles. The fourth-order valence-corrected chi connectivity index (χ4v) is 3.29. The van der Waals surface area contributed by atoms with Gasteiger partial charge in [-0.1, -0.05) is 6.07 Å². The molecule has 0 spiro atoms. The number of amides is 1. The van der Waals surface area contributed by atoms with Gasteiger partial charge in [-0.25, -0.2) is 13.8 Å². The van der Waals surface area contributed by atoms with Crippen LogP contribution in [0.2, 0.25) is 0 Å². The summed E-state index contributed by atoms with van der Waals surface area (Å²) in [6, 6.07) is 3.59. The van der Waals surface area contributed by atoms with Crippen molar-refractivity contribution in [3.05, 3.63) is 59.0 Å². The van der Waals surface area contributed by atoms with E-state index in [2.05, 4.69) is 25.7 Å². The lowest BCUT2D eigenvalue weighted by Crippen LogP contribution is -2.36. The molecule has 3 heterocycles. The number of nitrogens with zero attached hydrogens (tertiary/aromatic N) is 5. The van der Waals surface area contributed by atoms with Crippen LogP contribution in [-0.4, -0.2) is 39.2 Å². The Bertz CT molecular complexity index is 1100. The van der Waals surface area contributed by atoms with Crippen LogP contribution in [-0.2, 0) is 24.3 Å². The van der Waals surface area contributed by atoms with Crippen molar-refractivity contribution in [2.24, 2.45) is 0 Å². The van der Waals surface area contributed by atoms with Crippen LogP contribution < -0.4 is 15.5 Å². The molecule has 0 saturated carbocycles. The van der Waals surface area contributed by atoms with E-state index >= 15 is 0 Å². The predicted octanol–water partition coefficient (Wildman–Crippen LogP) is 2.50. The molecule has 0 saturated heterocycles. The fourth-order valence-electron chi connectivity index (χ4n) is 3.29. The number of halogens is 2. The molecule has 0 atom stereocenters. The maximum absolute atomic E-state index is 13.7. The molecule has 4 rings (SSSR count). The number of anilines is 3. The van der Waals surface area contributed by atoms with E-state index in [1.54, 1.807) is 15.8 Å². The van der Waals surface area contributed by atoms with Crippen molar-refractivity contribution in [1.82, 2.24) is 19.7 Å². The largest absolute Gasteiger partial charge is 0.350 e. The highest BCUT2D eigenvalue weighted by Gasteiger charge is 2.23. The molecule has 0 unspecified atom stereocenters. The van der Waals surface area contributed by atoms with Crippen molar-refractivity contribution >= 4 is 23.4 Å². The smallest absolute Gasteiger partial charge is 0.244 e. The van der Waals surface area contributed by atoms with Crippen LogP contribution >= 0.6 is 0 Å². The molecule has 0 aliphatic carbocycles. The minimum absolute atomic E-state index is 0.0923. The van der Waals surface area contributed by atoms with Gasteiger partial charge in [0.25, 0.3) is 0 Å². The van der Waals surface area contributed by atoms with Crippen molar-refractivity contribution in [3.8, 4) is 0 Å². The third-order valence-corrected chi connectivity index (χ3v) is 4.84. The molecule has 10 heteroatoms. The molecule has 0 radical (unpaired) electrons. The van der Waals surface area contributed by atoms with Crippen LogP contribution in [0.5, 0.6) is 0 Å². The van der Waals surface area contributed by atoms with E-state index in [0.717, 1.165) is 11.6 Å². The summed E-state index contributed by atoms with van der Waals surface area (Å²) in [5.41, 5.74) is 2.66. The molecule has 1 aliphatic rings. The Balaban J connectivity index is 1.38. The Hall–Kier alpha value is -3.56. The monoisotopic (exact) mass is 413 g/mol. The Morgan fingerprint density at radius 2 is 2.10 bits per heavy atom. The molecule has 8 nitrogen and oxygen atoms in total. The number of hydrogen-bond acceptors (Lipinski definition) is 6. The molecule has 3 aromatic rings. The van der Waals surface area contributed by atoms with E-state index in [1.165, 1.54) is 12.1 Å². The number of aryl methyl sites for hydroxylation is 3. The maximum atomic E-state index is 13.7. The van der Waals surface area contributed by atoms with Crippen LogP contribution in [0.25, 0.3) is 0 Å². The van der Waals surface area contributed by atoms with Crippen LogP contribution in [0.15, 0.2) is 30.6 Å². The summed E-state index contributed by atoms with van der Waals surface area (Å²) in [6.45, 7) is 2.99. The molecular formula is C20H21F2N7O. The van der Waals surface area contributed by atoms with Crippen molar-refractivity contribution in [3.63, 3.8) is 0 Å². The zero-order valence-electron chi connectivity index (χ0n) is 16.6. The van der Waals surface area contributed by atoms with Gasteiger partial charge in [0.15, 0.2) is 5.82 Å².